The molecule has 0 bridgehead atoms. The molecule has 106 valence electrons. The van der Waals surface area contributed by atoms with Crippen LogP contribution in [-0.4, -0.2) is 35.3 Å². The lowest BCUT2D eigenvalue weighted by Crippen LogP contribution is -2.41. The van der Waals surface area contributed by atoms with Gasteiger partial charge in [-0.05, 0) is 62.4 Å². The van der Waals surface area contributed by atoms with Gasteiger partial charge in [0.25, 0.3) is 0 Å². The van der Waals surface area contributed by atoms with E-state index in [-0.39, 0.29) is 5.60 Å². The van der Waals surface area contributed by atoms with E-state index in [0.29, 0.717) is 5.92 Å². The van der Waals surface area contributed by atoms with Crippen molar-refractivity contribution in [2.75, 3.05) is 19.7 Å². The Kier molecular flexibility index (Phi) is 3.00. The second-order valence-corrected chi connectivity index (χ2v) is 6.23. The number of pyridine rings is 1. The molecular weight excluding hydrogens is 250 g/mol. The van der Waals surface area contributed by atoms with Gasteiger partial charge < -0.3 is 15.0 Å². The molecule has 2 aromatic heterocycles. The Labute approximate surface area is 118 Å². The third-order valence-corrected chi connectivity index (χ3v) is 4.86. The maximum absolute atomic E-state index is 6.20. The van der Waals surface area contributed by atoms with Crippen molar-refractivity contribution < 1.29 is 4.74 Å². The molecule has 0 saturated carbocycles. The van der Waals surface area contributed by atoms with E-state index >= 15 is 0 Å². The maximum Gasteiger partial charge on any atom is 0.137 e. The number of hydrogen-bond acceptors (Lipinski definition) is 3. The number of piperidine rings is 1. The number of aromatic amines is 1. The number of nitrogens with one attached hydrogen (secondary N) is 2. The quantitative estimate of drug-likeness (QED) is 0.881. The van der Waals surface area contributed by atoms with E-state index in [4.69, 9.17) is 4.74 Å². The largest absolute Gasteiger partial charge is 0.375 e. The molecule has 0 aliphatic carbocycles. The van der Waals surface area contributed by atoms with Crippen molar-refractivity contribution in [3.05, 3.63) is 30.1 Å². The van der Waals surface area contributed by atoms with Crippen molar-refractivity contribution in [1.29, 1.82) is 0 Å². The zero-order valence-corrected chi connectivity index (χ0v) is 11.7. The number of nitrogens with zero attached hydrogens (tertiary/aromatic N) is 1. The third-order valence-electron chi connectivity index (χ3n) is 4.86. The smallest absolute Gasteiger partial charge is 0.137 e. The molecule has 20 heavy (non-hydrogen) atoms. The molecule has 2 aliphatic heterocycles. The molecule has 2 N–H and O–H groups in total. The van der Waals surface area contributed by atoms with Crippen LogP contribution in [0.15, 0.2) is 24.5 Å². The Bertz CT molecular complexity index is 601. The summed E-state index contributed by atoms with van der Waals surface area (Å²) in [6.07, 6.45) is 8.53. The number of hydrogen-bond donors (Lipinski definition) is 2. The van der Waals surface area contributed by atoms with Crippen LogP contribution in [0.1, 0.15) is 24.8 Å². The third kappa shape index (κ3) is 2.13. The van der Waals surface area contributed by atoms with Gasteiger partial charge >= 0.3 is 0 Å². The van der Waals surface area contributed by atoms with Gasteiger partial charge in [-0.2, -0.15) is 0 Å². The highest BCUT2D eigenvalue weighted by molar-refractivity contribution is 5.79. The maximum atomic E-state index is 6.20. The molecule has 1 unspecified atom stereocenters. The monoisotopic (exact) mass is 271 g/mol. The normalized spacial score (nSPS) is 25.5. The van der Waals surface area contributed by atoms with Crippen LogP contribution in [0.3, 0.4) is 0 Å². The molecule has 2 saturated heterocycles. The topological polar surface area (TPSA) is 49.9 Å². The number of aromatic nitrogens is 2. The van der Waals surface area contributed by atoms with Gasteiger partial charge in [0, 0.05) is 17.8 Å². The van der Waals surface area contributed by atoms with Crippen LogP contribution in [0.4, 0.5) is 0 Å². The van der Waals surface area contributed by atoms with E-state index in [9.17, 15) is 0 Å². The molecule has 4 nitrogen and oxygen atoms in total. The van der Waals surface area contributed by atoms with Crippen molar-refractivity contribution in [3.8, 4) is 0 Å². The number of ether oxygens (including phenoxy) is 1. The minimum atomic E-state index is 0.167. The molecule has 1 atom stereocenters. The van der Waals surface area contributed by atoms with E-state index < -0.39 is 0 Å². The Morgan fingerprint density at radius 3 is 3.10 bits per heavy atom. The minimum Gasteiger partial charge on any atom is -0.375 e. The van der Waals surface area contributed by atoms with Gasteiger partial charge in [0.2, 0.25) is 0 Å². The molecule has 2 aromatic rings. The van der Waals surface area contributed by atoms with E-state index in [1.165, 1.54) is 30.2 Å². The van der Waals surface area contributed by atoms with Crippen molar-refractivity contribution in [3.63, 3.8) is 0 Å². The van der Waals surface area contributed by atoms with Gasteiger partial charge in [0.1, 0.15) is 5.65 Å². The van der Waals surface area contributed by atoms with Gasteiger partial charge in [0.05, 0.1) is 12.2 Å². The first-order chi connectivity index (χ1) is 9.85. The average Bonchev–Trinajstić information content (AvgIpc) is 3.08. The molecule has 4 rings (SSSR count). The predicted molar refractivity (Wildman–Crippen MR) is 78.7 cm³/mol. The standard InChI is InChI=1S/C16H21N3O/c1-5-18-15-14(2-6-19-15)13(1)9-12-10-16(20-11-12)3-7-17-8-4-16/h1-2,5-6,12,17H,3-4,7-11H2,(H,18,19). The fraction of sp³-hybridized carbons (Fsp3) is 0.562. The van der Waals surface area contributed by atoms with Crippen LogP contribution in [-0.2, 0) is 11.2 Å². The van der Waals surface area contributed by atoms with E-state index in [1.54, 1.807) is 0 Å². The summed E-state index contributed by atoms with van der Waals surface area (Å²) < 4.78 is 6.20. The van der Waals surface area contributed by atoms with E-state index in [1.807, 2.05) is 12.4 Å². The predicted octanol–water partition coefficient (Wildman–Crippen LogP) is 2.26. The van der Waals surface area contributed by atoms with Gasteiger partial charge in [0.15, 0.2) is 0 Å². The summed E-state index contributed by atoms with van der Waals surface area (Å²) in [6, 6.07) is 4.29. The van der Waals surface area contributed by atoms with Crippen LogP contribution >= 0.6 is 0 Å². The molecule has 0 amide bonds. The SMILES string of the molecule is c1cc(CC2COC3(CCNCC3)C2)c2cc[nH]c2n1. The first-order valence-electron chi connectivity index (χ1n) is 7.60. The summed E-state index contributed by atoms with van der Waals surface area (Å²) in [5.74, 6) is 0.647. The molecule has 4 heterocycles. The summed E-state index contributed by atoms with van der Waals surface area (Å²) in [5.41, 5.74) is 2.56. The van der Waals surface area contributed by atoms with E-state index in [0.717, 1.165) is 31.8 Å². The lowest BCUT2D eigenvalue weighted by molar-refractivity contribution is -0.0196. The summed E-state index contributed by atoms with van der Waals surface area (Å²) in [5, 5.41) is 4.69. The Morgan fingerprint density at radius 1 is 1.30 bits per heavy atom. The van der Waals surface area contributed by atoms with E-state index in [2.05, 4.69) is 27.4 Å². The first-order valence-corrected chi connectivity index (χ1v) is 7.60. The Morgan fingerprint density at radius 2 is 2.20 bits per heavy atom. The second kappa shape index (κ2) is 4.86. The lowest BCUT2D eigenvalue weighted by Gasteiger charge is -2.33. The fourth-order valence-electron chi connectivity index (χ4n) is 3.81. The fourth-order valence-corrected chi connectivity index (χ4v) is 3.81. The summed E-state index contributed by atoms with van der Waals surface area (Å²) >= 11 is 0. The highest BCUT2D eigenvalue weighted by Gasteiger charge is 2.40. The zero-order chi connectivity index (χ0) is 13.4. The van der Waals surface area contributed by atoms with Crippen molar-refractivity contribution in [2.45, 2.75) is 31.3 Å². The molecule has 4 heteroatoms. The summed E-state index contributed by atoms with van der Waals surface area (Å²) in [6.45, 7) is 3.11. The second-order valence-electron chi connectivity index (χ2n) is 6.23. The van der Waals surface area contributed by atoms with Crippen molar-refractivity contribution >= 4 is 11.0 Å². The zero-order valence-electron chi connectivity index (χ0n) is 11.7. The van der Waals surface area contributed by atoms with Crippen LogP contribution in [0, 0.1) is 5.92 Å². The Hall–Kier alpha value is -1.39. The van der Waals surface area contributed by atoms with Crippen LogP contribution in [0.2, 0.25) is 0 Å². The lowest BCUT2D eigenvalue weighted by atomic mass is 9.84. The molecule has 0 radical (unpaired) electrons. The van der Waals surface area contributed by atoms with Crippen molar-refractivity contribution in [2.24, 2.45) is 5.92 Å². The van der Waals surface area contributed by atoms with Crippen LogP contribution in [0.5, 0.6) is 0 Å². The summed E-state index contributed by atoms with van der Waals surface area (Å²) in [4.78, 5) is 7.56. The number of H-pyrrole nitrogens is 1. The molecule has 2 aliphatic rings. The highest BCUT2D eigenvalue weighted by atomic mass is 16.5. The van der Waals surface area contributed by atoms with Crippen LogP contribution < -0.4 is 5.32 Å². The summed E-state index contributed by atoms with van der Waals surface area (Å²) in [7, 11) is 0. The van der Waals surface area contributed by atoms with Crippen LogP contribution in [0.25, 0.3) is 11.0 Å². The highest BCUT2D eigenvalue weighted by Crippen LogP contribution is 2.38. The molecule has 1 spiro atoms. The first kappa shape index (κ1) is 12.4. The molecule has 2 fully saturated rings. The Balaban J connectivity index is 1.51. The van der Waals surface area contributed by atoms with Gasteiger partial charge in [-0.25, -0.2) is 4.98 Å². The van der Waals surface area contributed by atoms with Crippen molar-refractivity contribution in [1.82, 2.24) is 15.3 Å². The molecule has 0 aromatic carbocycles. The average molecular weight is 271 g/mol. The molecular formula is C16H21N3O. The number of rotatable bonds is 2. The van der Waals surface area contributed by atoms with Gasteiger partial charge in [-0.1, -0.05) is 0 Å². The minimum absolute atomic E-state index is 0.167. The van der Waals surface area contributed by atoms with Gasteiger partial charge in [-0.3, -0.25) is 0 Å². The van der Waals surface area contributed by atoms with Gasteiger partial charge in [-0.15, -0.1) is 0 Å². The number of fused-ring (bicyclic) bond motifs is 1.